The van der Waals surface area contributed by atoms with E-state index in [0.717, 1.165) is 0 Å². The molecule has 10 heteroatoms. The molecular formula is C32H30N2O7S. The molecule has 2 aromatic carbocycles. The average Bonchev–Trinajstić information content (AvgIpc) is 3.52. The zero-order valence-electron chi connectivity index (χ0n) is 23.8. The lowest BCUT2D eigenvalue weighted by Gasteiger charge is -2.25. The van der Waals surface area contributed by atoms with Crippen molar-refractivity contribution in [2.45, 2.75) is 46.8 Å². The first-order chi connectivity index (χ1) is 20.1. The number of aromatic nitrogens is 1. The molecule has 0 aliphatic carbocycles. The van der Waals surface area contributed by atoms with Gasteiger partial charge in [0.05, 0.1) is 40.1 Å². The number of carboxylic acid groups (broad SMARTS) is 1. The van der Waals surface area contributed by atoms with Crippen LogP contribution in [0.5, 0.6) is 5.75 Å². The van der Waals surface area contributed by atoms with Gasteiger partial charge in [-0.1, -0.05) is 35.6 Å². The zero-order valence-corrected chi connectivity index (χ0v) is 24.7. The maximum atomic E-state index is 13.9. The third-order valence-corrected chi connectivity index (χ3v) is 7.80. The number of benzene rings is 2. The number of hydrogen-bond donors (Lipinski definition) is 1. The van der Waals surface area contributed by atoms with Crippen LogP contribution >= 0.6 is 11.3 Å². The van der Waals surface area contributed by atoms with E-state index in [1.54, 1.807) is 57.2 Å². The molecule has 1 aliphatic rings. The Hall–Kier alpha value is -4.70. The standard InChI is InChI=1S/C32H30N2O7S/c1-6-39-31(38)27-19(5)33-32-34(28(27)20-10-12-21(13-11-20)40-17(2)3)29(35)26(42-32)16-22-14-15-25(41-22)23-8-7-9-24(18(23)4)30(36)37/h7-17,28H,6H2,1-5H3,(H,36,37)/b26-16-/t28-/m0/s1. The van der Waals surface area contributed by atoms with E-state index in [9.17, 15) is 19.5 Å². The van der Waals surface area contributed by atoms with Gasteiger partial charge >= 0.3 is 11.9 Å². The van der Waals surface area contributed by atoms with Crippen molar-refractivity contribution in [1.82, 2.24) is 4.57 Å². The molecule has 0 saturated carbocycles. The minimum absolute atomic E-state index is 0.00195. The van der Waals surface area contributed by atoms with Gasteiger partial charge in [-0.2, -0.15) is 0 Å². The number of ether oxygens (including phenoxy) is 2. The fourth-order valence-corrected chi connectivity index (χ4v) is 5.97. The molecular weight excluding hydrogens is 556 g/mol. The second kappa shape index (κ2) is 11.7. The maximum Gasteiger partial charge on any atom is 0.338 e. The molecule has 4 aromatic rings. The van der Waals surface area contributed by atoms with E-state index >= 15 is 0 Å². The molecule has 1 N–H and O–H groups in total. The Balaban J connectivity index is 1.60. The minimum Gasteiger partial charge on any atom is -0.491 e. The summed E-state index contributed by atoms with van der Waals surface area (Å²) >= 11 is 1.19. The molecule has 9 nitrogen and oxygen atoms in total. The topological polar surface area (TPSA) is 120 Å². The number of hydrogen-bond acceptors (Lipinski definition) is 8. The molecule has 0 spiro atoms. The normalized spacial score (nSPS) is 15.0. The van der Waals surface area contributed by atoms with Crippen LogP contribution in [0.3, 0.4) is 0 Å². The van der Waals surface area contributed by atoms with E-state index in [1.807, 2.05) is 38.1 Å². The number of thiazole rings is 1. The van der Waals surface area contributed by atoms with Gasteiger partial charge in [0.1, 0.15) is 17.3 Å². The van der Waals surface area contributed by atoms with Gasteiger partial charge in [0, 0.05) is 11.6 Å². The van der Waals surface area contributed by atoms with E-state index < -0.39 is 18.0 Å². The van der Waals surface area contributed by atoms with Crippen molar-refractivity contribution in [3.8, 4) is 17.1 Å². The van der Waals surface area contributed by atoms with Gasteiger partial charge in [0.15, 0.2) is 4.80 Å². The van der Waals surface area contributed by atoms with Crippen molar-refractivity contribution in [3.63, 3.8) is 0 Å². The summed E-state index contributed by atoms with van der Waals surface area (Å²) in [6, 6.07) is 15.0. The fourth-order valence-electron chi connectivity index (χ4n) is 4.95. The monoisotopic (exact) mass is 586 g/mol. The molecule has 0 saturated heterocycles. The zero-order chi connectivity index (χ0) is 30.1. The van der Waals surface area contributed by atoms with Crippen LogP contribution in [0.15, 0.2) is 80.1 Å². The highest BCUT2D eigenvalue weighted by Crippen LogP contribution is 2.32. The third kappa shape index (κ3) is 5.45. The molecule has 3 heterocycles. The first-order valence-electron chi connectivity index (χ1n) is 13.5. The summed E-state index contributed by atoms with van der Waals surface area (Å²) in [5, 5.41) is 9.48. The number of esters is 1. The molecule has 0 amide bonds. The summed E-state index contributed by atoms with van der Waals surface area (Å²) in [5.74, 6) is 0.0314. The van der Waals surface area contributed by atoms with Crippen LogP contribution < -0.4 is 19.6 Å². The number of carboxylic acids is 1. The molecule has 42 heavy (non-hydrogen) atoms. The molecule has 2 aromatic heterocycles. The highest BCUT2D eigenvalue weighted by molar-refractivity contribution is 7.07. The summed E-state index contributed by atoms with van der Waals surface area (Å²) in [5.41, 5.74) is 2.57. The van der Waals surface area contributed by atoms with Gasteiger partial charge in [-0.25, -0.2) is 14.6 Å². The lowest BCUT2D eigenvalue weighted by molar-refractivity contribution is -0.139. The molecule has 1 aliphatic heterocycles. The highest BCUT2D eigenvalue weighted by atomic mass is 32.1. The number of furan rings is 1. The number of allylic oxidation sites excluding steroid dienone is 1. The molecule has 0 bridgehead atoms. The second-order valence-electron chi connectivity index (χ2n) is 10.0. The van der Waals surface area contributed by atoms with E-state index in [0.29, 0.717) is 54.6 Å². The Labute approximate surface area is 245 Å². The smallest absolute Gasteiger partial charge is 0.338 e. The van der Waals surface area contributed by atoms with Crippen LogP contribution in [0.4, 0.5) is 0 Å². The Kier molecular flexibility index (Phi) is 8.00. The van der Waals surface area contributed by atoms with Gasteiger partial charge in [-0.15, -0.1) is 0 Å². The van der Waals surface area contributed by atoms with E-state index in [4.69, 9.17) is 13.9 Å². The number of carbonyl (C=O) groups excluding carboxylic acids is 1. The first kappa shape index (κ1) is 28.8. The van der Waals surface area contributed by atoms with Crippen LogP contribution in [0, 0.1) is 6.92 Å². The minimum atomic E-state index is -1.02. The SMILES string of the molecule is CCOC(=O)C1=C(C)N=c2s/c(=C\c3ccc(-c4cccc(C(=O)O)c4C)o3)c(=O)n2[C@H]1c1ccc(OC(C)C)cc1. The lowest BCUT2D eigenvalue weighted by Crippen LogP contribution is -2.39. The van der Waals surface area contributed by atoms with Crippen molar-refractivity contribution in [2.24, 2.45) is 4.99 Å². The highest BCUT2D eigenvalue weighted by Gasteiger charge is 2.33. The molecule has 5 rings (SSSR count). The number of carbonyl (C=O) groups is 2. The molecule has 216 valence electrons. The molecule has 0 radical (unpaired) electrons. The summed E-state index contributed by atoms with van der Waals surface area (Å²) in [4.78, 5) is 43.6. The second-order valence-corrected chi connectivity index (χ2v) is 11.0. The van der Waals surface area contributed by atoms with Crippen molar-refractivity contribution in [2.75, 3.05) is 6.61 Å². The number of fused-ring (bicyclic) bond motifs is 1. The van der Waals surface area contributed by atoms with Crippen LogP contribution in [0.1, 0.15) is 61.0 Å². The van der Waals surface area contributed by atoms with Crippen LogP contribution in [-0.2, 0) is 9.53 Å². The Morgan fingerprint density at radius 1 is 1.12 bits per heavy atom. The Morgan fingerprint density at radius 2 is 1.86 bits per heavy atom. The lowest BCUT2D eigenvalue weighted by atomic mass is 9.96. The molecule has 0 fully saturated rings. The fraction of sp³-hybridized carbons (Fsp3) is 0.250. The maximum absolute atomic E-state index is 13.9. The largest absolute Gasteiger partial charge is 0.491 e. The summed E-state index contributed by atoms with van der Waals surface area (Å²) in [6.45, 7) is 9.25. The quantitative estimate of drug-likeness (QED) is 0.293. The summed E-state index contributed by atoms with van der Waals surface area (Å²) < 4.78 is 19.0. The van der Waals surface area contributed by atoms with Crippen molar-refractivity contribution in [3.05, 3.63) is 108 Å². The average molecular weight is 587 g/mol. The third-order valence-electron chi connectivity index (χ3n) is 6.81. The number of aromatic carboxylic acids is 1. The summed E-state index contributed by atoms with van der Waals surface area (Å²) in [6.07, 6.45) is 1.63. The van der Waals surface area contributed by atoms with E-state index in [-0.39, 0.29) is 23.8 Å². The van der Waals surface area contributed by atoms with Gasteiger partial charge in [-0.3, -0.25) is 9.36 Å². The predicted octanol–water partition coefficient (Wildman–Crippen LogP) is 4.85. The Bertz CT molecular complexity index is 1890. The molecule has 0 unspecified atom stereocenters. The first-order valence-corrected chi connectivity index (χ1v) is 14.3. The number of rotatable bonds is 8. The van der Waals surface area contributed by atoms with E-state index in [1.165, 1.54) is 15.9 Å². The Morgan fingerprint density at radius 3 is 2.52 bits per heavy atom. The van der Waals surface area contributed by atoms with Crippen molar-refractivity contribution < 1.29 is 28.6 Å². The van der Waals surface area contributed by atoms with Gasteiger partial charge in [0.2, 0.25) is 0 Å². The van der Waals surface area contributed by atoms with Crippen LogP contribution in [0.2, 0.25) is 0 Å². The number of nitrogens with zero attached hydrogens (tertiary/aromatic N) is 2. The molecule has 1 atom stereocenters. The van der Waals surface area contributed by atoms with Gasteiger partial charge in [0.25, 0.3) is 5.56 Å². The van der Waals surface area contributed by atoms with Crippen LogP contribution in [-0.4, -0.2) is 34.3 Å². The van der Waals surface area contributed by atoms with Gasteiger partial charge < -0.3 is 19.0 Å². The van der Waals surface area contributed by atoms with Gasteiger partial charge in [-0.05, 0) is 76.1 Å². The van der Waals surface area contributed by atoms with Crippen LogP contribution in [0.25, 0.3) is 17.4 Å². The van der Waals surface area contributed by atoms with E-state index in [2.05, 4.69) is 4.99 Å². The predicted molar refractivity (Wildman–Crippen MR) is 158 cm³/mol. The van der Waals surface area contributed by atoms with Crippen molar-refractivity contribution in [1.29, 1.82) is 0 Å². The summed E-state index contributed by atoms with van der Waals surface area (Å²) in [7, 11) is 0. The van der Waals surface area contributed by atoms with Crippen molar-refractivity contribution >= 4 is 29.4 Å².